The van der Waals surface area contributed by atoms with Gasteiger partial charge in [-0.05, 0) is 48.7 Å². The Bertz CT molecular complexity index is 1410. The molecule has 0 atom stereocenters. The second-order valence-electron chi connectivity index (χ2n) is 7.74. The number of para-hydroxylation sites is 3. The lowest BCUT2D eigenvalue weighted by Gasteiger charge is -2.30. The van der Waals surface area contributed by atoms with E-state index >= 15 is 0 Å². The van der Waals surface area contributed by atoms with Crippen LogP contribution in [0.1, 0.15) is 22.3 Å². The molecular formula is C24H21N3O7S. The predicted molar refractivity (Wildman–Crippen MR) is 128 cm³/mol. The van der Waals surface area contributed by atoms with Crippen molar-refractivity contribution in [3.63, 3.8) is 0 Å². The Morgan fingerprint density at radius 2 is 1.77 bits per heavy atom. The maximum atomic E-state index is 13.3. The summed E-state index contributed by atoms with van der Waals surface area (Å²) >= 11 is 0. The second kappa shape index (κ2) is 9.94. The zero-order chi connectivity index (χ0) is 25.0. The van der Waals surface area contributed by atoms with E-state index in [1.165, 1.54) is 52.8 Å². The van der Waals surface area contributed by atoms with Gasteiger partial charge >= 0.3 is 5.97 Å². The Labute approximate surface area is 201 Å². The largest absolute Gasteiger partial charge is 0.452 e. The molecule has 11 heteroatoms. The molecule has 0 saturated carbocycles. The van der Waals surface area contributed by atoms with E-state index in [2.05, 4.69) is 5.32 Å². The van der Waals surface area contributed by atoms with E-state index < -0.39 is 33.4 Å². The number of ether oxygens (including phenoxy) is 1. The van der Waals surface area contributed by atoms with Gasteiger partial charge in [0.2, 0.25) is 0 Å². The number of hydrogen-bond acceptors (Lipinski definition) is 7. The van der Waals surface area contributed by atoms with E-state index in [1.54, 1.807) is 12.1 Å². The first-order valence-corrected chi connectivity index (χ1v) is 12.1. The number of carbonyl (C=O) groups is 2. The molecule has 4 rings (SSSR count). The van der Waals surface area contributed by atoms with E-state index in [9.17, 15) is 28.1 Å². The van der Waals surface area contributed by atoms with Crippen LogP contribution in [-0.2, 0) is 26.0 Å². The summed E-state index contributed by atoms with van der Waals surface area (Å²) < 4.78 is 33.0. The summed E-state index contributed by atoms with van der Waals surface area (Å²) in [7, 11) is -3.93. The molecule has 1 heterocycles. The van der Waals surface area contributed by atoms with Gasteiger partial charge in [0.15, 0.2) is 6.61 Å². The fourth-order valence-corrected chi connectivity index (χ4v) is 5.39. The summed E-state index contributed by atoms with van der Waals surface area (Å²) in [5, 5.41) is 13.4. The molecule has 1 N–H and O–H groups in total. The molecule has 3 aromatic carbocycles. The summed E-state index contributed by atoms with van der Waals surface area (Å²) in [6, 6.07) is 18.2. The molecule has 0 unspecified atom stereocenters. The number of anilines is 2. The van der Waals surface area contributed by atoms with Crippen LogP contribution >= 0.6 is 0 Å². The molecule has 0 saturated heterocycles. The van der Waals surface area contributed by atoms with E-state index in [4.69, 9.17) is 4.74 Å². The minimum absolute atomic E-state index is 0.0338. The molecule has 1 aliphatic heterocycles. The average Bonchev–Trinajstić information content (AvgIpc) is 2.87. The highest BCUT2D eigenvalue weighted by atomic mass is 32.2. The molecular weight excluding hydrogens is 474 g/mol. The Balaban J connectivity index is 1.46. The number of nitrogens with zero attached hydrogens (tertiary/aromatic N) is 2. The lowest BCUT2D eigenvalue weighted by atomic mass is 10.0. The molecule has 0 spiro atoms. The first kappa shape index (κ1) is 23.9. The summed E-state index contributed by atoms with van der Waals surface area (Å²) in [6.07, 6.45) is 1.45. The number of nitro benzene ring substituents is 1. The van der Waals surface area contributed by atoms with Crippen molar-refractivity contribution in [3.05, 3.63) is 94.0 Å². The quantitative estimate of drug-likeness (QED) is 0.301. The summed E-state index contributed by atoms with van der Waals surface area (Å²) in [6.45, 7) is -0.388. The number of carbonyl (C=O) groups excluding carboxylic acids is 2. The third-order valence-electron chi connectivity index (χ3n) is 5.43. The molecule has 0 aromatic heterocycles. The maximum absolute atomic E-state index is 13.3. The highest BCUT2D eigenvalue weighted by molar-refractivity contribution is 7.92. The maximum Gasteiger partial charge on any atom is 0.338 e. The lowest BCUT2D eigenvalue weighted by molar-refractivity contribution is -0.383. The van der Waals surface area contributed by atoms with Crippen LogP contribution in [0.2, 0.25) is 0 Å². The van der Waals surface area contributed by atoms with Crippen molar-refractivity contribution in [2.45, 2.75) is 17.7 Å². The van der Waals surface area contributed by atoms with Gasteiger partial charge in [0.1, 0.15) is 5.69 Å². The monoisotopic (exact) mass is 495 g/mol. The molecule has 0 fully saturated rings. The SMILES string of the molecule is O=C(COC(=O)c1cccc(S(=O)(=O)N2CCCc3ccccc32)c1)Nc1ccccc1[N+](=O)[O-]. The van der Waals surface area contributed by atoms with Crippen molar-refractivity contribution in [2.24, 2.45) is 0 Å². The first-order chi connectivity index (χ1) is 16.8. The van der Waals surface area contributed by atoms with Gasteiger partial charge in [0, 0.05) is 12.6 Å². The van der Waals surface area contributed by atoms with Crippen molar-refractivity contribution < 1.29 is 27.7 Å². The van der Waals surface area contributed by atoms with Gasteiger partial charge in [-0.25, -0.2) is 13.2 Å². The van der Waals surface area contributed by atoms with Crippen molar-refractivity contribution in [2.75, 3.05) is 22.8 Å². The van der Waals surface area contributed by atoms with Crippen molar-refractivity contribution >= 4 is 39.0 Å². The minimum Gasteiger partial charge on any atom is -0.452 e. The number of hydrogen-bond donors (Lipinski definition) is 1. The van der Waals surface area contributed by atoms with Gasteiger partial charge in [0.25, 0.3) is 21.6 Å². The van der Waals surface area contributed by atoms with Crippen LogP contribution in [0.4, 0.5) is 17.1 Å². The Hall–Kier alpha value is -4.25. The number of amides is 1. The van der Waals surface area contributed by atoms with Crippen molar-refractivity contribution in [1.29, 1.82) is 0 Å². The van der Waals surface area contributed by atoms with Gasteiger partial charge in [-0.2, -0.15) is 0 Å². The van der Waals surface area contributed by atoms with Crippen LogP contribution in [0.5, 0.6) is 0 Å². The number of nitro groups is 1. The molecule has 1 amide bonds. The highest BCUT2D eigenvalue weighted by Gasteiger charge is 2.29. The third-order valence-corrected chi connectivity index (χ3v) is 7.24. The number of rotatable bonds is 7. The lowest BCUT2D eigenvalue weighted by Crippen LogP contribution is -2.35. The topological polar surface area (TPSA) is 136 Å². The highest BCUT2D eigenvalue weighted by Crippen LogP contribution is 2.32. The van der Waals surface area contributed by atoms with Crippen molar-refractivity contribution in [3.8, 4) is 0 Å². The zero-order valence-electron chi connectivity index (χ0n) is 18.4. The minimum atomic E-state index is -3.93. The number of nitrogens with one attached hydrogen (secondary N) is 1. The summed E-state index contributed by atoms with van der Waals surface area (Å²) in [5.74, 6) is -1.68. The third kappa shape index (κ3) is 5.14. The van der Waals surface area contributed by atoms with E-state index in [1.807, 2.05) is 12.1 Å². The van der Waals surface area contributed by atoms with Gasteiger partial charge in [-0.15, -0.1) is 0 Å². The molecule has 1 aliphatic rings. The number of aryl methyl sites for hydroxylation is 1. The fraction of sp³-hybridized carbons (Fsp3) is 0.167. The van der Waals surface area contributed by atoms with Crippen LogP contribution in [0.25, 0.3) is 0 Å². The zero-order valence-corrected chi connectivity index (χ0v) is 19.2. The van der Waals surface area contributed by atoms with Crippen LogP contribution < -0.4 is 9.62 Å². The molecule has 3 aromatic rings. The van der Waals surface area contributed by atoms with Gasteiger partial charge in [0.05, 0.1) is 21.1 Å². The Kier molecular flexibility index (Phi) is 6.78. The Morgan fingerprint density at radius 1 is 1.03 bits per heavy atom. The van der Waals surface area contributed by atoms with E-state index in [0.29, 0.717) is 18.7 Å². The smallest absolute Gasteiger partial charge is 0.338 e. The standard InChI is InChI=1S/C24H21N3O7S/c28-23(25-20-11-2-4-13-22(20)27(30)31)16-34-24(29)18-8-5-10-19(15-18)35(32,33)26-14-6-9-17-7-1-3-12-21(17)26/h1-5,7-8,10-13,15H,6,9,14,16H2,(H,25,28). The average molecular weight is 496 g/mol. The van der Waals surface area contributed by atoms with Crippen molar-refractivity contribution in [1.82, 2.24) is 0 Å². The predicted octanol–water partition coefficient (Wildman–Crippen LogP) is 3.53. The molecule has 0 aliphatic carbocycles. The van der Waals surface area contributed by atoms with Crippen LogP contribution in [0.15, 0.2) is 77.7 Å². The number of benzene rings is 3. The number of esters is 1. The summed E-state index contributed by atoms with van der Waals surface area (Å²) in [4.78, 5) is 35.0. The van der Waals surface area contributed by atoms with Crippen LogP contribution in [-0.4, -0.2) is 38.4 Å². The van der Waals surface area contributed by atoms with E-state index in [-0.39, 0.29) is 21.8 Å². The molecule has 0 bridgehead atoms. The molecule has 180 valence electrons. The van der Waals surface area contributed by atoms with Crippen LogP contribution in [0.3, 0.4) is 0 Å². The van der Waals surface area contributed by atoms with Crippen LogP contribution in [0, 0.1) is 10.1 Å². The molecule has 35 heavy (non-hydrogen) atoms. The van der Waals surface area contributed by atoms with Gasteiger partial charge < -0.3 is 10.1 Å². The fourth-order valence-electron chi connectivity index (χ4n) is 3.80. The molecule has 10 nitrogen and oxygen atoms in total. The number of fused-ring (bicyclic) bond motifs is 1. The van der Waals surface area contributed by atoms with E-state index in [0.717, 1.165) is 12.0 Å². The summed E-state index contributed by atoms with van der Waals surface area (Å²) in [5.41, 5.74) is 1.16. The van der Waals surface area contributed by atoms with Gasteiger partial charge in [-0.3, -0.25) is 19.2 Å². The Morgan fingerprint density at radius 3 is 2.57 bits per heavy atom. The number of sulfonamides is 1. The normalized spacial score (nSPS) is 13.0. The molecule has 0 radical (unpaired) electrons. The first-order valence-electron chi connectivity index (χ1n) is 10.7. The second-order valence-corrected chi connectivity index (χ2v) is 9.60. The van der Waals surface area contributed by atoms with Gasteiger partial charge in [-0.1, -0.05) is 36.4 Å².